The van der Waals surface area contributed by atoms with Crippen molar-refractivity contribution >= 4 is 11.9 Å². The molecule has 3 rings (SSSR count). The lowest BCUT2D eigenvalue weighted by Crippen LogP contribution is -2.65. The summed E-state index contributed by atoms with van der Waals surface area (Å²) in [6.45, 7) is 7.52. The summed E-state index contributed by atoms with van der Waals surface area (Å²) in [4.78, 5) is 25.0. The van der Waals surface area contributed by atoms with Crippen LogP contribution in [0.2, 0.25) is 0 Å². The Labute approximate surface area is 177 Å². The molecule has 6 atom stereocenters. The molecule has 7 heteroatoms. The number of cyclic esters (lactones) is 1. The van der Waals surface area contributed by atoms with Gasteiger partial charge in [0.2, 0.25) is 0 Å². The first-order valence-corrected chi connectivity index (χ1v) is 10.5. The summed E-state index contributed by atoms with van der Waals surface area (Å²) in [6.07, 6.45) is 7.07. The summed E-state index contributed by atoms with van der Waals surface area (Å²) in [5, 5.41) is 30.2. The number of fused-ring (bicyclic) bond motifs is 3. The number of ether oxygens (including phenoxy) is 2. The largest absolute Gasteiger partial charge is 0.459 e. The fourth-order valence-corrected chi connectivity index (χ4v) is 5.59. The van der Waals surface area contributed by atoms with Crippen LogP contribution in [0, 0.1) is 16.7 Å². The monoisotopic (exact) mass is 420 g/mol. The molecule has 0 bridgehead atoms. The zero-order valence-corrected chi connectivity index (χ0v) is 18.0. The van der Waals surface area contributed by atoms with Gasteiger partial charge in [0, 0.05) is 23.0 Å². The van der Waals surface area contributed by atoms with E-state index in [4.69, 9.17) is 9.47 Å². The number of aliphatic hydroxyl groups is 3. The topological polar surface area (TPSA) is 113 Å². The third-order valence-electron chi connectivity index (χ3n) is 7.08. The zero-order valence-electron chi connectivity index (χ0n) is 18.0. The van der Waals surface area contributed by atoms with E-state index in [-0.39, 0.29) is 17.9 Å². The summed E-state index contributed by atoms with van der Waals surface area (Å²) >= 11 is 0. The molecular weight excluding hydrogens is 388 g/mol. The maximum atomic E-state index is 12.5. The van der Waals surface area contributed by atoms with Gasteiger partial charge in [-0.3, -0.25) is 0 Å². The van der Waals surface area contributed by atoms with Gasteiger partial charge in [0.15, 0.2) is 5.60 Å². The van der Waals surface area contributed by atoms with Gasteiger partial charge in [0.25, 0.3) is 0 Å². The van der Waals surface area contributed by atoms with Crippen LogP contribution in [0.3, 0.4) is 0 Å². The van der Waals surface area contributed by atoms with Gasteiger partial charge in [0.1, 0.15) is 12.7 Å². The molecule has 0 aromatic rings. The minimum Gasteiger partial charge on any atom is -0.459 e. The summed E-state index contributed by atoms with van der Waals surface area (Å²) < 4.78 is 11.0. The molecule has 1 heterocycles. The lowest BCUT2D eigenvalue weighted by atomic mass is 9.46. The number of allylic oxidation sites excluding steroid dienone is 2. The van der Waals surface area contributed by atoms with Crippen molar-refractivity contribution < 1.29 is 34.4 Å². The molecule has 0 aromatic heterocycles. The van der Waals surface area contributed by atoms with Gasteiger partial charge in [0.05, 0.1) is 12.2 Å². The molecule has 0 amide bonds. The number of esters is 2. The second-order valence-electron chi connectivity index (χ2n) is 9.59. The van der Waals surface area contributed by atoms with Crippen LogP contribution in [0.4, 0.5) is 0 Å². The van der Waals surface area contributed by atoms with E-state index in [9.17, 15) is 24.9 Å². The SMILES string of the molecule is C[C@@H](O)[C@@H](O)/C=C/C=C/C(=O)O[C@@H]1C=C2COC(=O)[C@]2(O)[C@@]2(C)CCCC(C)(C)[C@@H]12. The van der Waals surface area contributed by atoms with Crippen LogP contribution in [0.5, 0.6) is 0 Å². The molecule has 3 aliphatic rings. The molecule has 1 saturated carbocycles. The van der Waals surface area contributed by atoms with E-state index in [0.717, 1.165) is 12.8 Å². The number of carbonyl (C=O) groups is 2. The van der Waals surface area contributed by atoms with Crippen molar-refractivity contribution in [2.24, 2.45) is 16.7 Å². The Morgan fingerprint density at radius 3 is 2.63 bits per heavy atom. The summed E-state index contributed by atoms with van der Waals surface area (Å²) in [6, 6.07) is 0. The van der Waals surface area contributed by atoms with Crippen molar-refractivity contribution in [1.29, 1.82) is 0 Å². The van der Waals surface area contributed by atoms with Gasteiger partial charge in [-0.2, -0.15) is 0 Å². The molecule has 30 heavy (non-hydrogen) atoms. The Morgan fingerprint density at radius 1 is 1.27 bits per heavy atom. The van der Waals surface area contributed by atoms with Gasteiger partial charge in [-0.05, 0) is 31.3 Å². The van der Waals surface area contributed by atoms with Crippen molar-refractivity contribution in [3.63, 3.8) is 0 Å². The normalized spacial score (nSPS) is 37.3. The first-order chi connectivity index (χ1) is 13.9. The Balaban J connectivity index is 1.86. The molecule has 0 unspecified atom stereocenters. The minimum absolute atomic E-state index is 0.00192. The summed E-state index contributed by atoms with van der Waals surface area (Å²) in [5.74, 6) is -1.44. The maximum Gasteiger partial charge on any atom is 0.343 e. The molecular formula is C23H32O7. The third-order valence-corrected chi connectivity index (χ3v) is 7.08. The first-order valence-electron chi connectivity index (χ1n) is 10.5. The molecule has 1 saturated heterocycles. The summed E-state index contributed by atoms with van der Waals surface area (Å²) in [7, 11) is 0. The Hall–Kier alpha value is -1.96. The van der Waals surface area contributed by atoms with Gasteiger partial charge in [-0.25, -0.2) is 9.59 Å². The molecule has 166 valence electrons. The fraction of sp³-hybridized carbons (Fsp3) is 0.652. The second-order valence-corrected chi connectivity index (χ2v) is 9.59. The molecule has 3 N–H and O–H groups in total. The molecule has 0 aromatic carbocycles. The highest BCUT2D eigenvalue weighted by Gasteiger charge is 2.69. The third kappa shape index (κ3) is 3.63. The molecule has 2 aliphatic carbocycles. The molecule has 2 fully saturated rings. The van der Waals surface area contributed by atoms with Gasteiger partial charge < -0.3 is 24.8 Å². The highest BCUT2D eigenvalue weighted by Crippen LogP contribution is 2.63. The van der Waals surface area contributed by atoms with Crippen LogP contribution in [0.15, 0.2) is 36.0 Å². The number of hydrogen-bond donors (Lipinski definition) is 3. The standard InChI is InChI=1S/C23H32O7/c1-14(24)16(25)8-5-6-9-18(26)30-17-12-15-13-29-20(27)23(15,28)22(4)11-7-10-21(2,3)19(17)22/h5-6,8-9,12,14,16-17,19,24-25,28H,7,10-11,13H2,1-4H3/b8-5+,9-6+/t14-,16+,17-,19-,22+,23+/m1/s1. The smallest absolute Gasteiger partial charge is 0.343 e. The van der Waals surface area contributed by atoms with E-state index in [0.29, 0.717) is 12.0 Å². The van der Waals surface area contributed by atoms with Gasteiger partial charge >= 0.3 is 11.9 Å². The molecule has 0 spiro atoms. The van der Waals surface area contributed by atoms with Crippen molar-refractivity contribution in [3.8, 4) is 0 Å². The average molecular weight is 421 g/mol. The lowest BCUT2D eigenvalue weighted by Gasteiger charge is -2.59. The van der Waals surface area contributed by atoms with Crippen LogP contribution in [-0.4, -0.2) is 57.8 Å². The fourth-order valence-electron chi connectivity index (χ4n) is 5.59. The Morgan fingerprint density at radius 2 is 1.97 bits per heavy atom. The van der Waals surface area contributed by atoms with Crippen molar-refractivity contribution in [3.05, 3.63) is 36.0 Å². The quantitative estimate of drug-likeness (QED) is 0.269. The summed E-state index contributed by atoms with van der Waals surface area (Å²) in [5.41, 5.74) is -2.29. The number of hydrogen-bond acceptors (Lipinski definition) is 7. The molecule has 1 aliphatic heterocycles. The maximum absolute atomic E-state index is 12.5. The number of aliphatic hydroxyl groups excluding tert-OH is 2. The van der Waals surface area contributed by atoms with Crippen molar-refractivity contribution in [2.75, 3.05) is 6.61 Å². The van der Waals surface area contributed by atoms with E-state index in [1.807, 2.05) is 6.92 Å². The predicted molar refractivity (Wildman–Crippen MR) is 109 cm³/mol. The number of rotatable bonds is 5. The lowest BCUT2D eigenvalue weighted by molar-refractivity contribution is -0.194. The van der Waals surface area contributed by atoms with Crippen LogP contribution in [-0.2, 0) is 19.1 Å². The van der Waals surface area contributed by atoms with E-state index in [2.05, 4.69) is 13.8 Å². The van der Waals surface area contributed by atoms with Crippen molar-refractivity contribution in [2.45, 2.75) is 70.9 Å². The Kier molecular flexibility index (Phi) is 6.02. The number of carbonyl (C=O) groups excluding carboxylic acids is 2. The van der Waals surface area contributed by atoms with E-state index < -0.39 is 41.3 Å². The van der Waals surface area contributed by atoms with Crippen LogP contribution in [0.1, 0.15) is 47.0 Å². The van der Waals surface area contributed by atoms with E-state index in [1.165, 1.54) is 31.2 Å². The van der Waals surface area contributed by atoms with E-state index >= 15 is 0 Å². The predicted octanol–water partition coefficient (Wildman–Crippen LogP) is 1.81. The van der Waals surface area contributed by atoms with Crippen LogP contribution >= 0.6 is 0 Å². The minimum atomic E-state index is -1.69. The van der Waals surface area contributed by atoms with Gasteiger partial charge in [-0.15, -0.1) is 0 Å². The highest BCUT2D eigenvalue weighted by molar-refractivity contribution is 5.88. The molecule has 7 nitrogen and oxygen atoms in total. The molecule has 0 radical (unpaired) electrons. The Bertz CT molecular complexity index is 793. The van der Waals surface area contributed by atoms with Crippen LogP contribution in [0.25, 0.3) is 0 Å². The van der Waals surface area contributed by atoms with E-state index in [1.54, 1.807) is 6.08 Å². The van der Waals surface area contributed by atoms with Crippen LogP contribution < -0.4 is 0 Å². The zero-order chi connectivity index (χ0) is 22.3. The average Bonchev–Trinajstić information content (AvgIpc) is 2.94. The highest BCUT2D eigenvalue weighted by atomic mass is 16.6. The first kappa shape index (κ1) is 22.7. The van der Waals surface area contributed by atoms with Crippen molar-refractivity contribution in [1.82, 2.24) is 0 Å². The second kappa shape index (κ2) is 7.94. The van der Waals surface area contributed by atoms with Gasteiger partial charge in [-0.1, -0.05) is 45.4 Å².